The average Bonchev–Trinajstić information content (AvgIpc) is 2.73. The summed E-state index contributed by atoms with van der Waals surface area (Å²) >= 11 is 3.19. The van der Waals surface area contributed by atoms with Crippen molar-refractivity contribution in [2.24, 2.45) is 0 Å². The van der Waals surface area contributed by atoms with Gasteiger partial charge >= 0.3 is 0 Å². The summed E-state index contributed by atoms with van der Waals surface area (Å²) in [6, 6.07) is 7.34. The fraction of sp³-hybridized carbons (Fsp3) is 0.250. The number of nitrogens with zero attached hydrogens (tertiary/aromatic N) is 2. The zero-order valence-electron chi connectivity index (χ0n) is 9.20. The molecule has 0 atom stereocenters. The number of hydrogen-bond donors (Lipinski definition) is 0. The minimum Gasteiger partial charge on any atom is -0.231 e. The van der Waals surface area contributed by atoms with Gasteiger partial charge in [-0.25, -0.2) is 13.5 Å². The number of alkyl halides is 3. The van der Waals surface area contributed by atoms with Crippen LogP contribution in [0.1, 0.15) is 23.2 Å². The minimum absolute atomic E-state index is 0.0452. The lowest BCUT2D eigenvalue weighted by Crippen LogP contribution is -2.05. The maximum absolute atomic E-state index is 13.0. The first kappa shape index (κ1) is 12.2. The van der Waals surface area contributed by atoms with Crippen LogP contribution in [0.2, 0.25) is 0 Å². The molecule has 1 aromatic heterocycles. The van der Waals surface area contributed by atoms with Gasteiger partial charge in [0.1, 0.15) is 5.69 Å². The molecule has 5 heteroatoms. The number of aromatic nitrogens is 2. The van der Waals surface area contributed by atoms with Crippen molar-refractivity contribution in [3.8, 4) is 5.69 Å². The SMILES string of the molecule is Cc1ccccc1-n1ncc(CBr)c1C(F)F. The molecule has 90 valence electrons. The van der Waals surface area contributed by atoms with Crippen LogP contribution in [-0.4, -0.2) is 9.78 Å². The number of aryl methyl sites for hydroxylation is 1. The van der Waals surface area contributed by atoms with Crippen LogP contribution in [0.15, 0.2) is 30.5 Å². The summed E-state index contributed by atoms with van der Waals surface area (Å²) in [6.45, 7) is 1.88. The van der Waals surface area contributed by atoms with E-state index in [9.17, 15) is 8.78 Å². The van der Waals surface area contributed by atoms with Gasteiger partial charge in [0.05, 0.1) is 11.9 Å². The molecule has 0 fully saturated rings. The molecule has 2 aromatic rings. The van der Waals surface area contributed by atoms with E-state index in [2.05, 4.69) is 21.0 Å². The van der Waals surface area contributed by atoms with Crippen LogP contribution >= 0.6 is 15.9 Å². The van der Waals surface area contributed by atoms with Crippen LogP contribution in [-0.2, 0) is 5.33 Å². The van der Waals surface area contributed by atoms with Crippen molar-refractivity contribution in [3.63, 3.8) is 0 Å². The van der Waals surface area contributed by atoms with Crippen LogP contribution in [0.25, 0.3) is 5.69 Å². The second-order valence-corrected chi connectivity index (χ2v) is 4.25. The molecule has 0 N–H and O–H groups in total. The quantitative estimate of drug-likeness (QED) is 0.783. The van der Waals surface area contributed by atoms with E-state index in [-0.39, 0.29) is 5.69 Å². The molecule has 2 nitrogen and oxygen atoms in total. The number of hydrogen-bond acceptors (Lipinski definition) is 1. The van der Waals surface area contributed by atoms with E-state index in [0.29, 0.717) is 16.6 Å². The monoisotopic (exact) mass is 300 g/mol. The van der Waals surface area contributed by atoms with E-state index in [4.69, 9.17) is 0 Å². The standard InChI is InChI=1S/C12H11BrF2N2/c1-8-4-2-3-5-10(8)17-11(12(14)15)9(6-13)7-16-17/h2-5,7,12H,6H2,1H3. The van der Waals surface area contributed by atoms with E-state index in [0.717, 1.165) is 5.56 Å². The molecule has 17 heavy (non-hydrogen) atoms. The predicted octanol–water partition coefficient (Wildman–Crippen LogP) is 4.01. The first-order chi connectivity index (χ1) is 8.15. The smallest absolute Gasteiger partial charge is 0.231 e. The Morgan fingerprint density at radius 1 is 1.35 bits per heavy atom. The Bertz CT molecular complexity index is 523. The second kappa shape index (κ2) is 4.96. The lowest BCUT2D eigenvalue weighted by Gasteiger charge is -2.10. The topological polar surface area (TPSA) is 17.8 Å². The summed E-state index contributed by atoms with van der Waals surface area (Å²) in [5.74, 6) is 0. The highest BCUT2D eigenvalue weighted by Gasteiger charge is 2.20. The zero-order valence-corrected chi connectivity index (χ0v) is 10.8. The van der Waals surface area contributed by atoms with Gasteiger partial charge in [0.25, 0.3) is 6.43 Å². The third kappa shape index (κ3) is 2.24. The molecule has 0 aliphatic carbocycles. The van der Waals surface area contributed by atoms with E-state index >= 15 is 0 Å². The Labute approximate surface area is 106 Å². The Kier molecular flexibility index (Phi) is 3.57. The maximum atomic E-state index is 13.0. The number of benzene rings is 1. The van der Waals surface area contributed by atoms with Crippen molar-refractivity contribution < 1.29 is 8.78 Å². The maximum Gasteiger partial charge on any atom is 0.280 e. The van der Waals surface area contributed by atoms with E-state index in [1.165, 1.54) is 10.9 Å². The van der Waals surface area contributed by atoms with Gasteiger partial charge in [0.15, 0.2) is 0 Å². The minimum atomic E-state index is -2.54. The zero-order chi connectivity index (χ0) is 12.4. The molecule has 0 aliphatic heterocycles. The Hall–Kier alpha value is -1.23. The highest BCUT2D eigenvalue weighted by molar-refractivity contribution is 9.08. The molecular formula is C12H11BrF2N2. The van der Waals surface area contributed by atoms with Gasteiger partial charge in [0, 0.05) is 10.9 Å². The van der Waals surface area contributed by atoms with Gasteiger partial charge < -0.3 is 0 Å². The fourth-order valence-corrected chi connectivity index (χ4v) is 2.15. The van der Waals surface area contributed by atoms with Crippen molar-refractivity contribution in [2.75, 3.05) is 0 Å². The molecule has 2 rings (SSSR count). The summed E-state index contributed by atoms with van der Waals surface area (Å²) in [5, 5.41) is 4.42. The van der Waals surface area contributed by atoms with Gasteiger partial charge in [-0.1, -0.05) is 34.1 Å². The summed E-state index contributed by atoms with van der Waals surface area (Å²) < 4.78 is 27.4. The molecular weight excluding hydrogens is 290 g/mol. The fourth-order valence-electron chi connectivity index (χ4n) is 1.72. The Morgan fingerprint density at radius 3 is 2.65 bits per heavy atom. The molecule has 0 unspecified atom stereocenters. The van der Waals surface area contributed by atoms with E-state index in [1.54, 1.807) is 6.07 Å². The van der Waals surface area contributed by atoms with Crippen molar-refractivity contribution in [1.82, 2.24) is 9.78 Å². The first-order valence-electron chi connectivity index (χ1n) is 5.12. The van der Waals surface area contributed by atoms with Gasteiger partial charge in [0.2, 0.25) is 0 Å². The Morgan fingerprint density at radius 2 is 2.06 bits per heavy atom. The van der Waals surface area contributed by atoms with E-state index < -0.39 is 6.43 Å². The molecule has 0 bridgehead atoms. The van der Waals surface area contributed by atoms with Crippen molar-refractivity contribution in [1.29, 1.82) is 0 Å². The molecule has 0 saturated heterocycles. The van der Waals surface area contributed by atoms with Crippen LogP contribution in [0, 0.1) is 6.92 Å². The molecule has 1 heterocycles. The predicted molar refractivity (Wildman–Crippen MR) is 65.9 cm³/mol. The molecule has 1 aromatic carbocycles. The summed E-state index contributed by atoms with van der Waals surface area (Å²) in [4.78, 5) is 0. The second-order valence-electron chi connectivity index (χ2n) is 3.69. The number of rotatable bonds is 3. The Balaban J connectivity index is 2.60. The molecule has 0 saturated carbocycles. The van der Waals surface area contributed by atoms with Crippen molar-refractivity contribution in [2.45, 2.75) is 18.7 Å². The van der Waals surface area contributed by atoms with E-state index in [1.807, 2.05) is 25.1 Å². The van der Waals surface area contributed by atoms with Gasteiger partial charge in [-0.3, -0.25) is 0 Å². The first-order valence-corrected chi connectivity index (χ1v) is 6.24. The van der Waals surface area contributed by atoms with Crippen molar-refractivity contribution >= 4 is 15.9 Å². The van der Waals surface area contributed by atoms with Gasteiger partial charge in [-0.2, -0.15) is 5.10 Å². The number of halogens is 3. The van der Waals surface area contributed by atoms with Crippen LogP contribution in [0.3, 0.4) is 0 Å². The summed E-state index contributed by atoms with van der Waals surface area (Å²) in [7, 11) is 0. The lowest BCUT2D eigenvalue weighted by molar-refractivity contribution is 0.142. The summed E-state index contributed by atoms with van der Waals surface area (Å²) in [5.41, 5.74) is 2.08. The van der Waals surface area contributed by atoms with Crippen LogP contribution < -0.4 is 0 Å². The highest BCUT2D eigenvalue weighted by atomic mass is 79.9. The normalized spacial score (nSPS) is 11.1. The number of para-hydroxylation sites is 1. The van der Waals surface area contributed by atoms with Crippen LogP contribution in [0.5, 0.6) is 0 Å². The molecule has 0 amide bonds. The third-order valence-corrected chi connectivity index (χ3v) is 3.18. The molecule has 0 spiro atoms. The molecule has 0 radical (unpaired) electrons. The van der Waals surface area contributed by atoms with Crippen LogP contribution in [0.4, 0.5) is 8.78 Å². The van der Waals surface area contributed by atoms with Gasteiger partial charge in [-0.15, -0.1) is 0 Å². The third-order valence-electron chi connectivity index (χ3n) is 2.58. The summed E-state index contributed by atoms with van der Waals surface area (Å²) in [6.07, 6.45) is -1.06. The molecule has 0 aliphatic rings. The van der Waals surface area contributed by atoms with Gasteiger partial charge in [-0.05, 0) is 18.6 Å². The lowest BCUT2D eigenvalue weighted by atomic mass is 10.2. The highest BCUT2D eigenvalue weighted by Crippen LogP contribution is 2.28. The van der Waals surface area contributed by atoms with Crippen molar-refractivity contribution in [3.05, 3.63) is 47.3 Å². The largest absolute Gasteiger partial charge is 0.280 e. The average molecular weight is 301 g/mol.